The quantitative estimate of drug-likeness (QED) is 0.908. The van der Waals surface area contributed by atoms with Gasteiger partial charge in [-0.25, -0.2) is 13.2 Å². The molecule has 2 aromatic carbocycles. The summed E-state index contributed by atoms with van der Waals surface area (Å²) in [6, 6.07) is 5.57. The van der Waals surface area contributed by atoms with Crippen LogP contribution in [0.5, 0.6) is 0 Å². The van der Waals surface area contributed by atoms with Gasteiger partial charge in [0.1, 0.15) is 17.5 Å². The number of carbonyl (C=O) groups is 1. The summed E-state index contributed by atoms with van der Waals surface area (Å²) in [5.41, 5.74) is 5.07. The van der Waals surface area contributed by atoms with Crippen molar-refractivity contribution in [1.82, 2.24) is 0 Å². The van der Waals surface area contributed by atoms with Gasteiger partial charge in [0.25, 0.3) is 5.91 Å². The molecule has 2 aromatic rings. The molecule has 0 bridgehead atoms. The van der Waals surface area contributed by atoms with Crippen LogP contribution < -0.4 is 11.1 Å². The number of amides is 1. The number of primary amides is 1. The normalized spacial score (nSPS) is 10.5. The molecule has 0 heterocycles. The monoisotopic (exact) mass is 314 g/mol. The summed E-state index contributed by atoms with van der Waals surface area (Å²) in [6.07, 6.45) is 0. The zero-order valence-electron chi connectivity index (χ0n) is 10.6. The van der Waals surface area contributed by atoms with Crippen LogP contribution in [0.15, 0.2) is 30.3 Å². The second-order valence-corrected chi connectivity index (χ2v) is 4.69. The summed E-state index contributed by atoms with van der Waals surface area (Å²) >= 11 is 5.63. The van der Waals surface area contributed by atoms with E-state index in [1.165, 1.54) is 18.2 Å². The van der Waals surface area contributed by atoms with Crippen molar-refractivity contribution in [2.75, 3.05) is 5.32 Å². The molecule has 7 heteroatoms. The third-order valence-corrected chi connectivity index (χ3v) is 3.08. The van der Waals surface area contributed by atoms with Crippen molar-refractivity contribution in [2.45, 2.75) is 6.54 Å². The third-order valence-electron chi connectivity index (χ3n) is 2.79. The van der Waals surface area contributed by atoms with Gasteiger partial charge in [-0.1, -0.05) is 17.7 Å². The first-order chi connectivity index (χ1) is 9.88. The van der Waals surface area contributed by atoms with E-state index < -0.39 is 28.9 Å². The lowest BCUT2D eigenvalue weighted by Gasteiger charge is -2.10. The van der Waals surface area contributed by atoms with Gasteiger partial charge in [-0.3, -0.25) is 4.79 Å². The number of rotatable bonds is 4. The van der Waals surface area contributed by atoms with E-state index in [0.29, 0.717) is 11.6 Å². The van der Waals surface area contributed by atoms with Gasteiger partial charge < -0.3 is 11.1 Å². The minimum absolute atomic E-state index is 0.0632. The smallest absolute Gasteiger partial charge is 0.251 e. The first kappa shape index (κ1) is 15.2. The van der Waals surface area contributed by atoms with E-state index in [-0.39, 0.29) is 17.3 Å². The Hall–Kier alpha value is -2.21. The van der Waals surface area contributed by atoms with Crippen LogP contribution in [-0.2, 0) is 6.54 Å². The third kappa shape index (κ3) is 3.46. The minimum atomic E-state index is -1.03. The molecule has 0 atom stereocenters. The molecule has 0 saturated heterocycles. The molecule has 2 rings (SSSR count). The Labute approximate surface area is 123 Å². The number of halogens is 4. The fraction of sp³-hybridized carbons (Fsp3) is 0.0714. The summed E-state index contributed by atoms with van der Waals surface area (Å²) in [4.78, 5) is 11.0. The van der Waals surface area contributed by atoms with Crippen molar-refractivity contribution >= 4 is 23.2 Å². The van der Waals surface area contributed by atoms with Crippen LogP contribution in [0, 0.1) is 17.5 Å². The van der Waals surface area contributed by atoms with Crippen LogP contribution in [0.4, 0.5) is 18.9 Å². The molecule has 3 nitrogen and oxygen atoms in total. The Kier molecular flexibility index (Phi) is 4.37. The molecule has 0 fully saturated rings. The van der Waals surface area contributed by atoms with Crippen LogP contribution >= 0.6 is 11.6 Å². The highest BCUT2D eigenvalue weighted by Gasteiger charge is 2.13. The van der Waals surface area contributed by atoms with Gasteiger partial charge in [-0.05, 0) is 23.8 Å². The summed E-state index contributed by atoms with van der Waals surface area (Å²) in [7, 11) is 0. The number of nitrogens with two attached hydrogens (primary N) is 1. The van der Waals surface area contributed by atoms with Gasteiger partial charge in [0.2, 0.25) is 0 Å². The summed E-state index contributed by atoms with van der Waals surface area (Å²) in [5, 5.41) is 2.60. The second-order valence-electron chi connectivity index (χ2n) is 4.28. The maximum atomic E-state index is 13.6. The predicted molar refractivity (Wildman–Crippen MR) is 73.6 cm³/mol. The molecule has 0 spiro atoms. The molecular weight excluding hydrogens is 305 g/mol. The fourth-order valence-electron chi connectivity index (χ4n) is 1.72. The summed E-state index contributed by atoms with van der Waals surface area (Å²) in [6.45, 7) is 0.112. The standard InChI is InChI=1S/C14H10ClF3N2O/c15-9-3-7(1-2-10(9)16)6-20-13-4-8(14(19)21)11(17)5-12(13)18/h1-5,20H,6H2,(H2,19,21). The van der Waals surface area contributed by atoms with Gasteiger partial charge >= 0.3 is 0 Å². The van der Waals surface area contributed by atoms with Gasteiger partial charge in [-0.2, -0.15) is 0 Å². The van der Waals surface area contributed by atoms with E-state index in [1.807, 2.05) is 0 Å². The largest absolute Gasteiger partial charge is 0.379 e. The second kappa shape index (κ2) is 6.05. The maximum absolute atomic E-state index is 13.6. The first-order valence-electron chi connectivity index (χ1n) is 5.85. The van der Waals surface area contributed by atoms with E-state index in [4.69, 9.17) is 17.3 Å². The predicted octanol–water partition coefficient (Wildman–Crippen LogP) is 3.47. The van der Waals surface area contributed by atoms with E-state index in [1.54, 1.807) is 0 Å². The molecule has 0 saturated carbocycles. The highest BCUT2D eigenvalue weighted by atomic mass is 35.5. The van der Waals surface area contributed by atoms with Crippen LogP contribution in [0.3, 0.4) is 0 Å². The lowest BCUT2D eigenvalue weighted by molar-refractivity contribution is 0.0996. The lowest BCUT2D eigenvalue weighted by Crippen LogP contribution is -2.14. The molecule has 1 amide bonds. The van der Waals surface area contributed by atoms with Gasteiger partial charge in [0.15, 0.2) is 0 Å². The molecule has 0 unspecified atom stereocenters. The topological polar surface area (TPSA) is 55.1 Å². The summed E-state index contributed by atoms with van der Waals surface area (Å²) in [5.74, 6) is -3.47. The van der Waals surface area contributed by atoms with Crippen molar-refractivity contribution in [3.05, 3.63) is 63.9 Å². The van der Waals surface area contributed by atoms with Crippen molar-refractivity contribution in [3.63, 3.8) is 0 Å². The molecule has 21 heavy (non-hydrogen) atoms. The van der Waals surface area contributed by atoms with E-state index in [9.17, 15) is 18.0 Å². The van der Waals surface area contributed by atoms with Gasteiger partial charge in [0, 0.05) is 12.6 Å². The lowest BCUT2D eigenvalue weighted by atomic mass is 10.1. The molecular formula is C14H10ClF3N2O. The van der Waals surface area contributed by atoms with Gasteiger partial charge in [-0.15, -0.1) is 0 Å². The maximum Gasteiger partial charge on any atom is 0.251 e. The molecule has 0 radical (unpaired) electrons. The van der Waals surface area contributed by atoms with Crippen molar-refractivity contribution in [3.8, 4) is 0 Å². The number of hydrogen-bond donors (Lipinski definition) is 2. The number of benzene rings is 2. The Bertz CT molecular complexity index is 707. The van der Waals surface area contributed by atoms with E-state index >= 15 is 0 Å². The fourth-order valence-corrected chi connectivity index (χ4v) is 1.92. The Morgan fingerprint density at radius 1 is 1.10 bits per heavy atom. The average molecular weight is 315 g/mol. The van der Waals surface area contributed by atoms with Gasteiger partial charge in [0.05, 0.1) is 16.3 Å². The zero-order chi connectivity index (χ0) is 15.6. The SMILES string of the molecule is NC(=O)c1cc(NCc2ccc(F)c(Cl)c2)c(F)cc1F. The number of nitrogens with one attached hydrogen (secondary N) is 1. The average Bonchev–Trinajstić information content (AvgIpc) is 2.41. The highest BCUT2D eigenvalue weighted by molar-refractivity contribution is 6.30. The molecule has 0 aliphatic carbocycles. The van der Waals surface area contributed by atoms with Crippen LogP contribution in [0.1, 0.15) is 15.9 Å². The minimum Gasteiger partial charge on any atom is -0.379 e. The Balaban J connectivity index is 2.21. The first-order valence-corrected chi connectivity index (χ1v) is 6.23. The van der Waals surface area contributed by atoms with E-state index in [2.05, 4.69) is 5.32 Å². The Morgan fingerprint density at radius 3 is 2.43 bits per heavy atom. The number of hydrogen-bond acceptors (Lipinski definition) is 2. The molecule has 0 aromatic heterocycles. The van der Waals surface area contributed by atoms with Crippen LogP contribution in [-0.4, -0.2) is 5.91 Å². The van der Waals surface area contributed by atoms with Crippen LogP contribution in [0.2, 0.25) is 5.02 Å². The number of anilines is 1. The molecule has 0 aliphatic heterocycles. The van der Waals surface area contributed by atoms with Crippen molar-refractivity contribution in [2.24, 2.45) is 5.73 Å². The van der Waals surface area contributed by atoms with Crippen molar-refractivity contribution < 1.29 is 18.0 Å². The summed E-state index contributed by atoms with van der Waals surface area (Å²) < 4.78 is 39.9. The zero-order valence-corrected chi connectivity index (χ0v) is 11.3. The molecule has 0 aliphatic rings. The molecule has 110 valence electrons. The van der Waals surface area contributed by atoms with Crippen LogP contribution in [0.25, 0.3) is 0 Å². The van der Waals surface area contributed by atoms with E-state index in [0.717, 1.165) is 6.07 Å². The molecule has 3 N–H and O–H groups in total. The Morgan fingerprint density at radius 2 is 1.81 bits per heavy atom. The highest BCUT2D eigenvalue weighted by Crippen LogP contribution is 2.21. The number of carbonyl (C=O) groups excluding carboxylic acids is 1. The van der Waals surface area contributed by atoms with Crippen molar-refractivity contribution in [1.29, 1.82) is 0 Å².